The molecule has 1 amide bonds. The fraction of sp³-hybridized carbons (Fsp3) is 0.474. The number of nitrogens with zero attached hydrogens (tertiary/aromatic N) is 3. The molecule has 0 radical (unpaired) electrons. The average Bonchev–Trinajstić information content (AvgIpc) is 3.31. The van der Waals surface area contributed by atoms with Gasteiger partial charge in [0.1, 0.15) is 4.21 Å². The van der Waals surface area contributed by atoms with Crippen molar-refractivity contribution < 1.29 is 13.2 Å². The van der Waals surface area contributed by atoms with E-state index in [4.69, 9.17) is 0 Å². The van der Waals surface area contributed by atoms with E-state index in [1.165, 1.54) is 15.6 Å². The number of amides is 1. The van der Waals surface area contributed by atoms with Crippen molar-refractivity contribution in [1.29, 1.82) is 0 Å². The van der Waals surface area contributed by atoms with Crippen LogP contribution in [-0.4, -0.2) is 48.1 Å². The molecule has 4 heterocycles. The minimum atomic E-state index is -3.55. The maximum absolute atomic E-state index is 13.3. The van der Waals surface area contributed by atoms with Gasteiger partial charge in [-0.3, -0.25) is 9.78 Å². The number of carbonyl (C=O) groups excluding carboxylic acids is 1. The molecular weight excluding hydrogens is 382 g/mol. The van der Waals surface area contributed by atoms with E-state index in [1.54, 1.807) is 17.8 Å². The summed E-state index contributed by atoms with van der Waals surface area (Å²) in [5.41, 5.74) is 1.15. The Hall–Kier alpha value is -1.77. The van der Waals surface area contributed by atoms with Crippen LogP contribution >= 0.6 is 11.3 Å². The molecule has 0 unspecified atom stereocenters. The number of hydrogen-bond acceptors (Lipinski definition) is 5. The van der Waals surface area contributed by atoms with Gasteiger partial charge in [0.15, 0.2) is 0 Å². The molecule has 0 bridgehead atoms. The number of likely N-dealkylation sites (tertiary alicyclic amines) is 1. The van der Waals surface area contributed by atoms with E-state index < -0.39 is 15.4 Å². The topological polar surface area (TPSA) is 70.6 Å². The van der Waals surface area contributed by atoms with Crippen molar-refractivity contribution in [3.63, 3.8) is 0 Å². The molecule has 0 aromatic carbocycles. The number of sulfonamides is 1. The summed E-state index contributed by atoms with van der Waals surface area (Å²) in [5, 5.41) is 1.80. The maximum Gasteiger partial charge on any atom is 0.252 e. The normalized spacial score (nSPS) is 26.4. The van der Waals surface area contributed by atoms with Crippen molar-refractivity contribution in [2.24, 2.45) is 11.3 Å². The lowest BCUT2D eigenvalue weighted by atomic mass is 9.78. The number of pyridine rings is 1. The fourth-order valence-corrected chi connectivity index (χ4v) is 7.41. The van der Waals surface area contributed by atoms with Gasteiger partial charge in [0.05, 0.1) is 5.41 Å². The lowest BCUT2D eigenvalue weighted by Gasteiger charge is -2.26. The molecular formula is C19H23N3O3S2. The van der Waals surface area contributed by atoms with E-state index in [9.17, 15) is 13.2 Å². The van der Waals surface area contributed by atoms with Crippen LogP contribution in [0.5, 0.6) is 0 Å². The summed E-state index contributed by atoms with van der Waals surface area (Å²) in [4.78, 5) is 19.2. The van der Waals surface area contributed by atoms with Gasteiger partial charge in [0, 0.05) is 38.6 Å². The summed E-state index contributed by atoms with van der Waals surface area (Å²) in [6, 6.07) is 5.64. The van der Waals surface area contributed by atoms with Crippen LogP contribution in [0.25, 0.3) is 0 Å². The van der Waals surface area contributed by atoms with Crippen LogP contribution in [0.15, 0.2) is 40.2 Å². The monoisotopic (exact) mass is 405 g/mol. The summed E-state index contributed by atoms with van der Waals surface area (Å²) in [6.07, 6.45) is 4.18. The van der Waals surface area contributed by atoms with Crippen LogP contribution in [0.4, 0.5) is 0 Å². The van der Waals surface area contributed by atoms with Gasteiger partial charge in [-0.15, -0.1) is 11.3 Å². The zero-order valence-electron chi connectivity index (χ0n) is 15.5. The van der Waals surface area contributed by atoms with Gasteiger partial charge in [-0.1, -0.05) is 13.0 Å². The minimum Gasteiger partial charge on any atom is -0.338 e. The number of hydrogen-bond donors (Lipinski definition) is 0. The number of aryl methyl sites for hydroxylation is 1. The third-order valence-electron chi connectivity index (χ3n) is 5.91. The Bertz CT molecular complexity index is 958. The van der Waals surface area contributed by atoms with E-state index in [-0.39, 0.29) is 18.4 Å². The van der Waals surface area contributed by atoms with Gasteiger partial charge >= 0.3 is 0 Å². The molecule has 0 saturated carbocycles. The van der Waals surface area contributed by atoms with Crippen molar-refractivity contribution in [2.45, 2.75) is 31.0 Å². The highest BCUT2D eigenvalue weighted by Crippen LogP contribution is 2.47. The largest absolute Gasteiger partial charge is 0.338 e. The number of aromatic nitrogens is 1. The molecule has 4 rings (SSSR count). The lowest BCUT2D eigenvalue weighted by Crippen LogP contribution is -2.40. The first-order chi connectivity index (χ1) is 12.8. The van der Waals surface area contributed by atoms with E-state index in [0.29, 0.717) is 30.3 Å². The Kier molecular flexibility index (Phi) is 4.60. The molecule has 2 aromatic heterocycles. The third kappa shape index (κ3) is 2.99. The molecule has 0 N–H and O–H groups in total. The van der Waals surface area contributed by atoms with Crippen LogP contribution < -0.4 is 0 Å². The van der Waals surface area contributed by atoms with Crippen molar-refractivity contribution in [3.8, 4) is 0 Å². The summed E-state index contributed by atoms with van der Waals surface area (Å²) < 4.78 is 28.1. The highest BCUT2D eigenvalue weighted by molar-refractivity contribution is 7.91. The first kappa shape index (κ1) is 18.6. The van der Waals surface area contributed by atoms with Crippen LogP contribution in [0.3, 0.4) is 0 Å². The molecule has 2 fully saturated rings. The molecule has 0 aliphatic carbocycles. The molecule has 2 aromatic rings. The average molecular weight is 406 g/mol. The standard InChI is InChI=1S/C19H23N3O3S2/c1-14-5-9-26-17(14)27(24,25)22-11-15(2)19(13-22)6-8-21(18(19)23)12-16-4-3-7-20-10-16/h3-5,7,9-10,15H,6,8,11-13H2,1-2H3/t15-,19-/m1/s1. The van der Waals surface area contributed by atoms with Gasteiger partial charge in [0.25, 0.3) is 10.0 Å². The number of carbonyl (C=O) groups is 1. The van der Waals surface area contributed by atoms with Gasteiger partial charge in [-0.25, -0.2) is 8.42 Å². The summed E-state index contributed by atoms with van der Waals surface area (Å²) >= 11 is 1.25. The highest BCUT2D eigenvalue weighted by atomic mass is 32.2. The Morgan fingerprint density at radius 3 is 2.85 bits per heavy atom. The van der Waals surface area contributed by atoms with Gasteiger partial charge in [-0.05, 0) is 47.9 Å². The summed E-state index contributed by atoms with van der Waals surface area (Å²) in [6.45, 7) is 5.67. The molecule has 144 valence electrons. The summed E-state index contributed by atoms with van der Waals surface area (Å²) in [7, 11) is -3.55. The highest BCUT2D eigenvalue weighted by Gasteiger charge is 2.57. The SMILES string of the molecule is Cc1ccsc1S(=O)(=O)N1C[C@@H](C)[C@@]2(CCN(Cc3cccnc3)C2=O)C1. The molecule has 8 heteroatoms. The quantitative estimate of drug-likeness (QED) is 0.784. The molecule has 2 aliphatic rings. The van der Waals surface area contributed by atoms with E-state index >= 15 is 0 Å². The number of rotatable bonds is 4. The predicted molar refractivity (Wildman–Crippen MR) is 104 cm³/mol. The molecule has 6 nitrogen and oxygen atoms in total. The lowest BCUT2D eigenvalue weighted by molar-refractivity contribution is -0.137. The first-order valence-electron chi connectivity index (χ1n) is 9.07. The fourth-order valence-electron chi connectivity index (χ4n) is 4.26. The zero-order chi connectivity index (χ0) is 19.2. The molecule has 1 spiro atoms. The second kappa shape index (κ2) is 6.68. The molecule has 2 saturated heterocycles. The van der Waals surface area contributed by atoms with Crippen molar-refractivity contribution in [2.75, 3.05) is 19.6 Å². The second-order valence-corrected chi connectivity index (χ2v) is 10.6. The van der Waals surface area contributed by atoms with Crippen LogP contribution in [0.1, 0.15) is 24.5 Å². The van der Waals surface area contributed by atoms with Gasteiger partial charge in [0.2, 0.25) is 5.91 Å². The smallest absolute Gasteiger partial charge is 0.252 e. The zero-order valence-corrected chi connectivity index (χ0v) is 17.1. The predicted octanol–water partition coefficient (Wildman–Crippen LogP) is 2.51. The van der Waals surface area contributed by atoms with Gasteiger partial charge in [-0.2, -0.15) is 4.31 Å². The van der Waals surface area contributed by atoms with Crippen molar-refractivity contribution in [1.82, 2.24) is 14.2 Å². The molecule has 2 aliphatic heterocycles. The first-order valence-corrected chi connectivity index (χ1v) is 11.4. The second-order valence-electron chi connectivity index (χ2n) is 7.58. The van der Waals surface area contributed by atoms with E-state index in [0.717, 1.165) is 11.1 Å². The Morgan fingerprint density at radius 2 is 2.19 bits per heavy atom. The number of thiophene rings is 1. The van der Waals surface area contributed by atoms with Gasteiger partial charge < -0.3 is 4.90 Å². The minimum absolute atomic E-state index is 0.000980. The molecule has 27 heavy (non-hydrogen) atoms. The Balaban J connectivity index is 1.56. The maximum atomic E-state index is 13.3. The van der Waals surface area contributed by atoms with Crippen LogP contribution in [-0.2, 0) is 21.4 Å². The van der Waals surface area contributed by atoms with E-state index in [1.807, 2.05) is 36.9 Å². The molecule has 2 atom stereocenters. The van der Waals surface area contributed by atoms with Crippen molar-refractivity contribution >= 4 is 27.3 Å². The third-order valence-corrected chi connectivity index (χ3v) is 9.38. The van der Waals surface area contributed by atoms with Crippen LogP contribution in [0, 0.1) is 18.3 Å². The van der Waals surface area contributed by atoms with Crippen LogP contribution in [0.2, 0.25) is 0 Å². The Morgan fingerprint density at radius 1 is 1.37 bits per heavy atom. The van der Waals surface area contributed by atoms with E-state index in [2.05, 4.69) is 4.98 Å². The Labute approximate surface area is 163 Å². The summed E-state index contributed by atoms with van der Waals surface area (Å²) in [5.74, 6) is 0.0680. The van der Waals surface area contributed by atoms with Crippen molar-refractivity contribution in [3.05, 3.63) is 47.1 Å².